The highest BCUT2D eigenvalue weighted by Crippen LogP contribution is 2.15. The number of amides is 2. The maximum atomic E-state index is 12.0. The number of aliphatic hydroxyl groups is 1. The van der Waals surface area contributed by atoms with E-state index in [1.54, 1.807) is 4.90 Å². The molecule has 104 valence electrons. The van der Waals surface area contributed by atoms with Gasteiger partial charge < -0.3 is 15.3 Å². The van der Waals surface area contributed by atoms with Crippen LogP contribution >= 0.6 is 0 Å². The maximum absolute atomic E-state index is 12.0. The van der Waals surface area contributed by atoms with Gasteiger partial charge in [0.05, 0.1) is 12.2 Å². The molecule has 0 spiro atoms. The topological polar surface area (TPSA) is 65.5 Å². The fraction of sp³-hybridized carbons (Fsp3) is 0.571. The molecule has 1 aromatic heterocycles. The first-order valence-corrected chi connectivity index (χ1v) is 6.75. The minimum absolute atomic E-state index is 0.0681. The van der Waals surface area contributed by atoms with Crippen molar-refractivity contribution in [2.75, 3.05) is 19.7 Å². The van der Waals surface area contributed by atoms with Gasteiger partial charge in [0.1, 0.15) is 0 Å². The van der Waals surface area contributed by atoms with Gasteiger partial charge in [0.2, 0.25) is 0 Å². The van der Waals surface area contributed by atoms with E-state index in [9.17, 15) is 4.79 Å². The number of hydrogen-bond acceptors (Lipinski definition) is 3. The number of nitrogens with one attached hydrogen (secondary N) is 1. The lowest BCUT2D eigenvalue weighted by molar-refractivity contribution is 0.129. The number of likely N-dealkylation sites (tertiary alicyclic amines) is 1. The Balaban J connectivity index is 1.84. The smallest absolute Gasteiger partial charge is 0.317 e. The quantitative estimate of drug-likeness (QED) is 0.864. The van der Waals surface area contributed by atoms with Crippen LogP contribution in [0, 0.1) is 12.8 Å². The molecule has 1 fully saturated rings. The summed E-state index contributed by atoms with van der Waals surface area (Å²) in [6.45, 7) is 3.94. The Kier molecular flexibility index (Phi) is 4.74. The number of aryl methyl sites for hydroxylation is 1. The predicted octanol–water partition coefficient (Wildman–Crippen LogP) is 1.30. The monoisotopic (exact) mass is 263 g/mol. The molecular weight excluding hydrogens is 242 g/mol. The van der Waals surface area contributed by atoms with Gasteiger partial charge in [0, 0.05) is 25.4 Å². The number of aliphatic hydroxyl groups excluding tert-OH is 1. The third kappa shape index (κ3) is 3.92. The molecule has 0 saturated carbocycles. The molecule has 0 aromatic carbocycles. The van der Waals surface area contributed by atoms with Crippen LogP contribution in [0.5, 0.6) is 0 Å². The van der Waals surface area contributed by atoms with Gasteiger partial charge in [-0.05, 0) is 37.8 Å². The molecule has 2 N–H and O–H groups in total. The molecule has 1 aliphatic rings. The lowest BCUT2D eigenvalue weighted by atomic mass is 9.99. The van der Waals surface area contributed by atoms with Crippen LogP contribution in [0.15, 0.2) is 18.2 Å². The first-order chi connectivity index (χ1) is 9.19. The Morgan fingerprint density at radius 2 is 2.42 bits per heavy atom. The van der Waals surface area contributed by atoms with Crippen LogP contribution in [0.3, 0.4) is 0 Å². The highest BCUT2D eigenvalue weighted by molar-refractivity contribution is 5.74. The van der Waals surface area contributed by atoms with Gasteiger partial charge >= 0.3 is 6.03 Å². The molecule has 5 heteroatoms. The molecule has 5 nitrogen and oxygen atoms in total. The molecule has 2 rings (SSSR count). The van der Waals surface area contributed by atoms with E-state index in [0.29, 0.717) is 13.1 Å². The maximum Gasteiger partial charge on any atom is 0.317 e. The van der Waals surface area contributed by atoms with Gasteiger partial charge in [0.15, 0.2) is 0 Å². The van der Waals surface area contributed by atoms with Gasteiger partial charge in [-0.15, -0.1) is 0 Å². The normalized spacial score (nSPS) is 19.3. The number of piperidine rings is 1. The number of rotatable bonds is 3. The van der Waals surface area contributed by atoms with E-state index in [4.69, 9.17) is 5.11 Å². The zero-order valence-corrected chi connectivity index (χ0v) is 11.3. The SMILES string of the molecule is Cc1cccc(CNC(=O)N2CCCC(CO)C2)n1. The Hall–Kier alpha value is -1.62. The third-order valence-corrected chi connectivity index (χ3v) is 3.43. The van der Waals surface area contributed by atoms with Crippen molar-refractivity contribution in [2.45, 2.75) is 26.3 Å². The Morgan fingerprint density at radius 1 is 1.58 bits per heavy atom. The Labute approximate surface area is 113 Å². The van der Waals surface area contributed by atoms with Crippen LogP contribution in [0.2, 0.25) is 0 Å². The molecule has 0 aliphatic carbocycles. The fourth-order valence-corrected chi connectivity index (χ4v) is 2.37. The molecule has 1 unspecified atom stereocenters. The summed E-state index contributed by atoms with van der Waals surface area (Å²) in [5.41, 5.74) is 1.81. The molecule has 2 amide bonds. The number of nitrogens with zero attached hydrogens (tertiary/aromatic N) is 2. The average molecular weight is 263 g/mol. The molecule has 1 aromatic rings. The van der Waals surface area contributed by atoms with E-state index in [-0.39, 0.29) is 18.6 Å². The zero-order chi connectivity index (χ0) is 13.7. The van der Waals surface area contributed by atoms with E-state index in [0.717, 1.165) is 30.8 Å². The molecular formula is C14H21N3O2. The minimum Gasteiger partial charge on any atom is -0.396 e. The van der Waals surface area contributed by atoms with Crippen LogP contribution < -0.4 is 5.32 Å². The summed E-state index contributed by atoms with van der Waals surface area (Å²) in [4.78, 5) is 18.1. The Bertz CT molecular complexity index is 436. The van der Waals surface area contributed by atoms with Crippen molar-refractivity contribution in [1.29, 1.82) is 0 Å². The van der Waals surface area contributed by atoms with Gasteiger partial charge in [-0.2, -0.15) is 0 Å². The van der Waals surface area contributed by atoms with Gasteiger partial charge in [0.25, 0.3) is 0 Å². The summed E-state index contributed by atoms with van der Waals surface area (Å²) in [6.07, 6.45) is 1.96. The van der Waals surface area contributed by atoms with Gasteiger partial charge in [-0.25, -0.2) is 4.79 Å². The largest absolute Gasteiger partial charge is 0.396 e. The average Bonchev–Trinajstić information content (AvgIpc) is 2.45. The highest BCUT2D eigenvalue weighted by Gasteiger charge is 2.22. The van der Waals surface area contributed by atoms with E-state index in [2.05, 4.69) is 10.3 Å². The first kappa shape index (κ1) is 13.8. The van der Waals surface area contributed by atoms with Crippen molar-refractivity contribution in [1.82, 2.24) is 15.2 Å². The second kappa shape index (κ2) is 6.52. The van der Waals surface area contributed by atoms with Crippen molar-refractivity contribution in [3.8, 4) is 0 Å². The minimum atomic E-state index is -0.0681. The fourth-order valence-electron chi connectivity index (χ4n) is 2.37. The number of carbonyl (C=O) groups excluding carboxylic acids is 1. The van der Waals surface area contributed by atoms with Gasteiger partial charge in [-0.3, -0.25) is 4.98 Å². The first-order valence-electron chi connectivity index (χ1n) is 6.75. The van der Waals surface area contributed by atoms with Gasteiger partial charge in [-0.1, -0.05) is 6.07 Å². The summed E-state index contributed by atoms with van der Waals surface area (Å²) < 4.78 is 0. The predicted molar refractivity (Wildman–Crippen MR) is 72.6 cm³/mol. The number of aromatic nitrogens is 1. The molecule has 1 aliphatic heterocycles. The molecule has 1 saturated heterocycles. The van der Waals surface area contributed by atoms with Crippen molar-refractivity contribution in [2.24, 2.45) is 5.92 Å². The molecule has 19 heavy (non-hydrogen) atoms. The summed E-state index contributed by atoms with van der Waals surface area (Å²) in [6, 6.07) is 5.70. The molecule has 2 heterocycles. The van der Waals surface area contributed by atoms with Crippen molar-refractivity contribution < 1.29 is 9.90 Å². The number of urea groups is 1. The standard InChI is InChI=1S/C14H21N3O2/c1-11-4-2-6-13(16-11)8-15-14(19)17-7-3-5-12(9-17)10-18/h2,4,6,12,18H,3,5,7-10H2,1H3,(H,15,19). The summed E-state index contributed by atoms with van der Waals surface area (Å²) in [5.74, 6) is 0.219. The third-order valence-electron chi connectivity index (χ3n) is 3.43. The van der Waals surface area contributed by atoms with E-state index in [1.807, 2.05) is 25.1 Å². The Morgan fingerprint density at radius 3 is 3.16 bits per heavy atom. The van der Waals surface area contributed by atoms with Crippen molar-refractivity contribution >= 4 is 6.03 Å². The number of carbonyl (C=O) groups is 1. The van der Waals surface area contributed by atoms with Crippen molar-refractivity contribution in [3.05, 3.63) is 29.6 Å². The van der Waals surface area contributed by atoms with Crippen LogP contribution in [0.1, 0.15) is 24.2 Å². The summed E-state index contributed by atoms with van der Waals surface area (Å²) in [7, 11) is 0. The lowest BCUT2D eigenvalue weighted by Crippen LogP contribution is -2.46. The van der Waals surface area contributed by atoms with Crippen LogP contribution in [0.25, 0.3) is 0 Å². The van der Waals surface area contributed by atoms with E-state index >= 15 is 0 Å². The number of hydrogen-bond donors (Lipinski definition) is 2. The van der Waals surface area contributed by atoms with E-state index < -0.39 is 0 Å². The molecule has 0 bridgehead atoms. The highest BCUT2D eigenvalue weighted by atomic mass is 16.3. The summed E-state index contributed by atoms with van der Waals surface area (Å²) >= 11 is 0. The van der Waals surface area contributed by atoms with E-state index in [1.165, 1.54) is 0 Å². The zero-order valence-electron chi connectivity index (χ0n) is 11.3. The second-order valence-electron chi connectivity index (χ2n) is 5.07. The lowest BCUT2D eigenvalue weighted by Gasteiger charge is -2.31. The summed E-state index contributed by atoms with van der Waals surface area (Å²) in [5, 5.41) is 12.0. The van der Waals surface area contributed by atoms with Crippen LogP contribution in [-0.2, 0) is 6.54 Å². The van der Waals surface area contributed by atoms with Crippen molar-refractivity contribution in [3.63, 3.8) is 0 Å². The second-order valence-corrected chi connectivity index (χ2v) is 5.07. The van der Waals surface area contributed by atoms with Crippen LogP contribution in [0.4, 0.5) is 4.79 Å². The molecule has 0 radical (unpaired) electrons. The molecule has 1 atom stereocenters. The number of pyridine rings is 1. The van der Waals surface area contributed by atoms with Crippen LogP contribution in [-0.4, -0.2) is 40.7 Å².